The summed E-state index contributed by atoms with van der Waals surface area (Å²) >= 11 is 0. The molecule has 1 N–H and O–H groups in total. The van der Waals surface area contributed by atoms with Crippen molar-refractivity contribution in [2.75, 3.05) is 7.05 Å². The van der Waals surface area contributed by atoms with E-state index in [4.69, 9.17) is 4.74 Å². The Balaban J connectivity index is 2.23. The maximum atomic E-state index is 12.1. The van der Waals surface area contributed by atoms with Crippen LogP contribution in [0.25, 0.3) is 5.69 Å². The molecular formula is C16H18N2O3. The van der Waals surface area contributed by atoms with Gasteiger partial charge in [-0.1, -0.05) is 6.07 Å². The first-order valence-electron chi connectivity index (χ1n) is 6.69. The molecule has 0 aliphatic carbocycles. The van der Waals surface area contributed by atoms with Gasteiger partial charge in [0.2, 0.25) is 0 Å². The van der Waals surface area contributed by atoms with Crippen molar-refractivity contribution in [3.8, 4) is 5.69 Å². The van der Waals surface area contributed by atoms with E-state index in [1.165, 1.54) is 14.0 Å². The molecule has 110 valence electrons. The third-order valence-electron chi connectivity index (χ3n) is 3.23. The van der Waals surface area contributed by atoms with Gasteiger partial charge in [-0.15, -0.1) is 0 Å². The van der Waals surface area contributed by atoms with Gasteiger partial charge in [-0.25, -0.2) is 4.79 Å². The van der Waals surface area contributed by atoms with E-state index in [0.717, 1.165) is 11.3 Å². The number of likely N-dealkylation sites (N-methyl/N-ethyl adjacent to an activating group) is 1. The third kappa shape index (κ3) is 3.31. The quantitative estimate of drug-likeness (QED) is 0.875. The van der Waals surface area contributed by atoms with E-state index in [1.54, 1.807) is 12.1 Å². The van der Waals surface area contributed by atoms with Gasteiger partial charge >= 0.3 is 5.97 Å². The molecule has 0 fully saturated rings. The average molecular weight is 286 g/mol. The molecule has 0 radical (unpaired) electrons. The molecule has 0 bridgehead atoms. The molecule has 5 heteroatoms. The van der Waals surface area contributed by atoms with Gasteiger partial charge in [-0.2, -0.15) is 0 Å². The van der Waals surface area contributed by atoms with Crippen molar-refractivity contribution in [2.24, 2.45) is 0 Å². The number of carbonyl (C=O) groups is 2. The summed E-state index contributed by atoms with van der Waals surface area (Å²) in [7, 11) is 1.50. The van der Waals surface area contributed by atoms with Gasteiger partial charge in [0.25, 0.3) is 5.91 Å². The molecular weight excluding hydrogens is 268 g/mol. The summed E-state index contributed by atoms with van der Waals surface area (Å²) in [5.74, 6) is -0.847. The lowest BCUT2D eigenvalue weighted by atomic mass is 10.1. The molecule has 1 amide bonds. The lowest BCUT2D eigenvalue weighted by Crippen LogP contribution is -2.33. The number of aryl methyl sites for hydroxylation is 1. The normalized spacial score (nSPS) is 11.8. The summed E-state index contributed by atoms with van der Waals surface area (Å²) in [5, 5.41) is 2.44. The lowest BCUT2D eigenvalue weighted by molar-refractivity contribution is -0.128. The highest BCUT2D eigenvalue weighted by atomic mass is 16.5. The van der Waals surface area contributed by atoms with E-state index in [-0.39, 0.29) is 5.91 Å². The van der Waals surface area contributed by atoms with E-state index >= 15 is 0 Å². The SMILES string of the molecule is CNC(=O)[C@@H](C)OC(=O)c1ccc(C)c(-n2cccc2)c1. The van der Waals surface area contributed by atoms with Crippen molar-refractivity contribution < 1.29 is 14.3 Å². The van der Waals surface area contributed by atoms with Gasteiger partial charge in [0.1, 0.15) is 0 Å². The van der Waals surface area contributed by atoms with Crippen LogP contribution in [0.4, 0.5) is 0 Å². The van der Waals surface area contributed by atoms with E-state index in [9.17, 15) is 9.59 Å². The summed E-state index contributed by atoms with van der Waals surface area (Å²) < 4.78 is 7.07. The molecule has 0 aliphatic heterocycles. The Bertz CT molecular complexity index is 648. The number of nitrogens with one attached hydrogen (secondary N) is 1. The minimum atomic E-state index is -0.821. The van der Waals surface area contributed by atoms with Crippen LogP contribution in [0.1, 0.15) is 22.8 Å². The molecule has 0 saturated heterocycles. The first-order chi connectivity index (χ1) is 10.0. The van der Waals surface area contributed by atoms with E-state index in [1.807, 2.05) is 42.1 Å². The fraction of sp³-hybridized carbons (Fsp3) is 0.250. The second-order valence-corrected chi connectivity index (χ2v) is 4.75. The molecule has 2 aromatic rings. The van der Waals surface area contributed by atoms with Crippen LogP contribution >= 0.6 is 0 Å². The summed E-state index contributed by atoms with van der Waals surface area (Å²) in [6.45, 7) is 3.51. The predicted molar refractivity (Wildman–Crippen MR) is 79.5 cm³/mol. The monoisotopic (exact) mass is 286 g/mol. The largest absolute Gasteiger partial charge is 0.449 e. The molecule has 1 atom stereocenters. The number of amides is 1. The highest BCUT2D eigenvalue weighted by Crippen LogP contribution is 2.17. The molecule has 21 heavy (non-hydrogen) atoms. The van der Waals surface area contributed by atoms with Crippen LogP contribution < -0.4 is 5.32 Å². The van der Waals surface area contributed by atoms with Crippen LogP contribution in [0.5, 0.6) is 0 Å². The van der Waals surface area contributed by atoms with Crippen molar-refractivity contribution in [2.45, 2.75) is 20.0 Å². The van der Waals surface area contributed by atoms with Crippen LogP contribution in [-0.4, -0.2) is 29.6 Å². The fourth-order valence-electron chi connectivity index (χ4n) is 2.00. The number of hydrogen-bond donors (Lipinski definition) is 1. The first kappa shape index (κ1) is 14.8. The van der Waals surface area contributed by atoms with E-state index in [0.29, 0.717) is 5.56 Å². The summed E-state index contributed by atoms with van der Waals surface area (Å²) in [4.78, 5) is 23.5. The number of esters is 1. The molecule has 0 aliphatic rings. The first-order valence-corrected chi connectivity index (χ1v) is 6.69. The Labute approximate surface area is 123 Å². The van der Waals surface area contributed by atoms with Crippen molar-refractivity contribution >= 4 is 11.9 Å². The molecule has 5 nitrogen and oxygen atoms in total. The second kappa shape index (κ2) is 6.26. The average Bonchev–Trinajstić information content (AvgIpc) is 3.00. The van der Waals surface area contributed by atoms with Gasteiger partial charge in [0.15, 0.2) is 6.10 Å². The Morgan fingerprint density at radius 2 is 1.90 bits per heavy atom. The Kier molecular flexibility index (Phi) is 4.42. The van der Waals surface area contributed by atoms with Crippen LogP contribution in [0.15, 0.2) is 42.7 Å². The summed E-state index contributed by atoms with van der Waals surface area (Å²) in [6, 6.07) is 9.14. The zero-order chi connectivity index (χ0) is 15.4. The van der Waals surface area contributed by atoms with Crippen molar-refractivity contribution in [3.05, 3.63) is 53.9 Å². The van der Waals surface area contributed by atoms with Crippen LogP contribution in [0.3, 0.4) is 0 Å². The third-order valence-corrected chi connectivity index (χ3v) is 3.23. The highest BCUT2D eigenvalue weighted by Gasteiger charge is 2.18. The van der Waals surface area contributed by atoms with Crippen LogP contribution in [0, 0.1) is 6.92 Å². The van der Waals surface area contributed by atoms with Crippen molar-refractivity contribution in [1.82, 2.24) is 9.88 Å². The minimum absolute atomic E-state index is 0.332. The fourth-order valence-corrected chi connectivity index (χ4v) is 2.00. The molecule has 2 rings (SSSR count). The molecule has 1 heterocycles. The molecule has 0 unspecified atom stereocenters. The zero-order valence-electron chi connectivity index (χ0n) is 12.3. The molecule has 0 saturated carbocycles. The maximum Gasteiger partial charge on any atom is 0.338 e. The standard InChI is InChI=1S/C16H18N2O3/c1-11-6-7-13(10-14(11)18-8-4-5-9-18)16(20)21-12(2)15(19)17-3/h4-10,12H,1-3H3,(H,17,19)/t12-/m1/s1. The molecule has 1 aromatic carbocycles. The number of rotatable bonds is 4. The Hall–Kier alpha value is -2.56. The number of aromatic nitrogens is 1. The van der Waals surface area contributed by atoms with Gasteiger partial charge in [0.05, 0.1) is 5.56 Å². The minimum Gasteiger partial charge on any atom is -0.449 e. The number of nitrogens with zero attached hydrogens (tertiary/aromatic N) is 1. The highest BCUT2D eigenvalue weighted by molar-refractivity contribution is 5.92. The summed E-state index contributed by atoms with van der Waals surface area (Å²) in [5.41, 5.74) is 2.36. The smallest absolute Gasteiger partial charge is 0.338 e. The number of ether oxygens (including phenoxy) is 1. The number of benzene rings is 1. The van der Waals surface area contributed by atoms with Crippen molar-refractivity contribution in [3.63, 3.8) is 0 Å². The molecule has 1 aromatic heterocycles. The van der Waals surface area contributed by atoms with Crippen molar-refractivity contribution in [1.29, 1.82) is 0 Å². The number of hydrogen-bond acceptors (Lipinski definition) is 3. The topological polar surface area (TPSA) is 60.3 Å². The number of carbonyl (C=O) groups excluding carboxylic acids is 2. The van der Waals surface area contributed by atoms with Gasteiger partial charge < -0.3 is 14.6 Å². The van der Waals surface area contributed by atoms with E-state index < -0.39 is 12.1 Å². The summed E-state index contributed by atoms with van der Waals surface area (Å²) in [6.07, 6.45) is 2.99. The van der Waals surface area contributed by atoms with Gasteiger partial charge in [0, 0.05) is 25.1 Å². The molecule has 0 spiro atoms. The zero-order valence-corrected chi connectivity index (χ0v) is 12.3. The van der Waals surface area contributed by atoms with Crippen LogP contribution in [-0.2, 0) is 9.53 Å². The Morgan fingerprint density at radius 3 is 2.52 bits per heavy atom. The van der Waals surface area contributed by atoms with Crippen LogP contribution in [0.2, 0.25) is 0 Å². The van der Waals surface area contributed by atoms with Gasteiger partial charge in [-0.05, 0) is 43.7 Å². The second-order valence-electron chi connectivity index (χ2n) is 4.75. The maximum absolute atomic E-state index is 12.1. The lowest BCUT2D eigenvalue weighted by Gasteiger charge is -2.13. The Morgan fingerprint density at radius 1 is 1.24 bits per heavy atom. The van der Waals surface area contributed by atoms with Gasteiger partial charge in [-0.3, -0.25) is 4.79 Å². The predicted octanol–water partition coefficient (Wildman–Crippen LogP) is 2.08. The van der Waals surface area contributed by atoms with E-state index in [2.05, 4.69) is 5.32 Å².